The topological polar surface area (TPSA) is 66.5 Å². The molecule has 1 saturated heterocycles. The molecule has 5 nitrogen and oxygen atoms in total. The Labute approximate surface area is 188 Å². The Morgan fingerprint density at radius 2 is 1.84 bits per heavy atom. The Hall–Kier alpha value is -1.96. The number of nitrogens with zero attached hydrogens (tertiary/aromatic N) is 1. The van der Waals surface area contributed by atoms with E-state index in [9.17, 15) is 17.6 Å². The third-order valence-corrected chi connectivity index (χ3v) is 7.97. The monoisotopic (exact) mass is 466 g/mol. The first kappa shape index (κ1) is 23.7. The summed E-state index contributed by atoms with van der Waals surface area (Å²) in [6, 6.07) is 12.1. The molecule has 3 rings (SSSR count). The lowest BCUT2D eigenvalue weighted by molar-refractivity contribution is -0.126. The molecule has 1 heterocycles. The summed E-state index contributed by atoms with van der Waals surface area (Å²) in [5.74, 6) is -1.42. The number of piperidine rings is 1. The number of amides is 1. The van der Waals surface area contributed by atoms with Crippen LogP contribution in [0.25, 0.3) is 0 Å². The Morgan fingerprint density at radius 1 is 1.19 bits per heavy atom. The Bertz CT molecular complexity index is 999. The van der Waals surface area contributed by atoms with E-state index < -0.39 is 21.6 Å². The zero-order chi connectivity index (χ0) is 22.6. The van der Waals surface area contributed by atoms with Crippen molar-refractivity contribution in [1.82, 2.24) is 9.62 Å². The molecule has 1 N–H and O–H groups in total. The van der Waals surface area contributed by atoms with Crippen molar-refractivity contribution in [3.8, 4) is 0 Å². The van der Waals surface area contributed by atoms with E-state index in [1.807, 2.05) is 38.1 Å². The molecule has 2 aromatic carbocycles. The molecule has 1 atom stereocenters. The molecule has 0 radical (unpaired) electrons. The molecule has 31 heavy (non-hydrogen) atoms. The van der Waals surface area contributed by atoms with Gasteiger partial charge in [-0.05, 0) is 43.9 Å². The van der Waals surface area contributed by atoms with E-state index in [2.05, 4.69) is 5.32 Å². The standard InChI is InChI=1S/C23H28ClFN2O3S/c1-3-22(17-9-7-16(2)8-10-17)26-23(28)18-11-13-27(14-12-18)31(29,30)15-19-20(24)5-4-6-21(19)25/h4-10,18,22H,3,11-15H2,1-2H3,(H,26,28)/t22-/m1/s1. The van der Waals surface area contributed by atoms with Crippen LogP contribution in [0.1, 0.15) is 48.9 Å². The molecule has 0 spiro atoms. The van der Waals surface area contributed by atoms with Gasteiger partial charge >= 0.3 is 0 Å². The van der Waals surface area contributed by atoms with Crippen molar-refractivity contribution >= 4 is 27.5 Å². The van der Waals surface area contributed by atoms with Crippen molar-refractivity contribution < 1.29 is 17.6 Å². The second-order valence-corrected chi connectivity index (χ2v) is 10.4. The number of hydrogen-bond donors (Lipinski definition) is 1. The van der Waals surface area contributed by atoms with Gasteiger partial charge < -0.3 is 5.32 Å². The predicted octanol–water partition coefficient (Wildman–Crippen LogP) is 4.60. The van der Waals surface area contributed by atoms with Crippen LogP contribution in [0.4, 0.5) is 4.39 Å². The maximum Gasteiger partial charge on any atom is 0.223 e. The van der Waals surface area contributed by atoms with E-state index in [1.54, 1.807) is 0 Å². The lowest BCUT2D eigenvalue weighted by Crippen LogP contribution is -2.44. The van der Waals surface area contributed by atoms with Gasteiger partial charge in [0.1, 0.15) is 5.82 Å². The minimum atomic E-state index is -3.73. The number of aryl methyl sites for hydroxylation is 1. The molecule has 0 aromatic heterocycles. The largest absolute Gasteiger partial charge is 0.349 e. The molecule has 1 aliphatic heterocycles. The molecule has 168 valence electrons. The molecule has 2 aromatic rings. The maximum atomic E-state index is 14.0. The van der Waals surface area contributed by atoms with E-state index in [0.29, 0.717) is 12.8 Å². The van der Waals surface area contributed by atoms with Crippen LogP contribution in [0.5, 0.6) is 0 Å². The fourth-order valence-electron chi connectivity index (χ4n) is 3.85. The third-order valence-electron chi connectivity index (χ3n) is 5.81. The highest BCUT2D eigenvalue weighted by atomic mass is 35.5. The van der Waals surface area contributed by atoms with Gasteiger partial charge in [0, 0.05) is 29.6 Å². The van der Waals surface area contributed by atoms with Gasteiger partial charge in [0.2, 0.25) is 15.9 Å². The van der Waals surface area contributed by atoms with Crippen LogP contribution in [0.2, 0.25) is 5.02 Å². The van der Waals surface area contributed by atoms with Crippen molar-refractivity contribution in [3.05, 3.63) is 70.0 Å². The van der Waals surface area contributed by atoms with Crippen molar-refractivity contribution in [2.24, 2.45) is 5.92 Å². The normalized spacial score (nSPS) is 16.8. The smallest absolute Gasteiger partial charge is 0.223 e. The average Bonchev–Trinajstić information content (AvgIpc) is 2.75. The van der Waals surface area contributed by atoms with E-state index in [1.165, 1.54) is 22.5 Å². The van der Waals surface area contributed by atoms with Gasteiger partial charge in [0.05, 0.1) is 11.8 Å². The fraction of sp³-hybridized carbons (Fsp3) is 0.435. The predicted molar refractivity (Wildman–Crippen MR) is 121 cm³/mol. The molecule has 0 unspecified atom stereocenters. The van der Waals surface area contributed by atoms with Crippen LogP contribution >= 0.6 is 11.6 Å². The number of carbonyl (C=O) groups excluding carboxylic acids is 1. The van der Waals surface area contributed by atoms with Crippen LogP contribution in [-0.2, 0) is 20.6 Å². The minimum Gasteiger partial charge on any atom is -0.349 e. The van der Waals surface area contributed by atoms with Gasteiger partial charge in [-0.25, -0.2) is 17.1 Å². The van der Waals surface area contributed by atoms with Crippen LogP contribution in [0.3, 0.4) is 0 Å². The van der Waals surface area contributed by atoms with Crippen LogP contribution in [0, 0.1) is 18.7 Å². The van der Waals surface area contributed by atoms with Crippen molar-refractivity contribution in [3.63, 3.8) is 0 Å². The first-order valence-electron chi connectivity index (χ1n) is 10.5. The molecule has 8 heteroatoms. The molecule has 1 amide bonds. The number of nitrogens with one attached hydrogen (secondary N) is 1. The summed E-state index contributed by atoms with van der Waals surface area (Å²) in [7, 11) is -3.73. The number of halogens is 2. The number of benzene rings is 2. The second kappa shape index (κ2) is 10.1. The number of carbonyl (C=O) groups is 1. The number of sulfonamides is 1. The van der Waals surface area contributed by atoms with Gasteiger partial charge in [-0.1, -0.05) is 54.4 Å². The van der Waals surface area contributed by atoms with Gasteiger partial charge in [0.25, 0.3) is 0 Å². The van der Waals surface area contributed by atoms with E-state index in [-0.39, 0.29) is 41.5 Å². The summed E-state index contributed by atoms with van der Waals surface area (Å²) in [6.45, 7) is 4.50. The molecular formula is C23H28ClFN2O3S. The van der Waals surface area contributed by atoms with Crippen LogP contribution in [0.15, 0.2) is 42.5 Å². The van der Waals surface area contributed by atoms with E-state index in [4.69, 9.17) is 11.6 Å². The zero-order valence-electron chi connectivity index (χ0n) is 17.8. The lowest BCUT2D eigenvalue weighted by atomic mass is 9.95. The highest BCUT2D eigenvalue weighted by Crippen LogP contribution is 2.27. The van der Waals surface area contributed by atoms with Crippen LogP contribution < -0.4 is 5.32 Å². The summed E-state index contributed by atoms with van der Waals surface area (Å²) in [5, 5.41) is 3.20. The quantitative estimate of drug-likeness (QED) is 0.648. The average molecular weight is 467 g/mol. The van der Waals surface area contributed by atoms with Crippen molar-refractivity contribution in [2.45, 2.75) is 44.9 Å². The minimum absolute atomic E-state index is 0.0204. The summed E-state index contributed by atoms with van der Waals surface area (Å²) >= 11 is 5.98. The zero-order valence-corrected chi connectivity index (χ0v) is 19.3. The third kappa shape index (κ3) is 5.84. The van der Waals surface area contributed by atoms with Crippen molar-refractivity contribution in [2.75, 3.05) is 13.1 Å². The van der Waals surface area contributed by atoms with Crippen LogP contribution in [-0.4, -0.2) is 31.7 Å². The van der Waals surface area contributed by atoms with E-state index in [0.717, 1.165) is 17.5 Å². The Kier molecular flexibility index (Phi) is 7.73. The maximum absolute atomic E-state index is 14.0. The molecule has 0 saturated carbocycles. The molecule has 0 aliphatic carbocycles. The number of rotatable bonds is 7. The fourth-order valence-corrected chi connectivity index (χ4v) is 5.77. The highest BCUT2D eigenvalue weighted by Gasteiger charge is 2.32. The van der Waals surface area contributed by atoms with Gasteiger partial charge in [-0.2, -0.15) is 0 Å². The molecule has 0 bridgehead atoms. The first-order valence-corrected chi connectivity index (χ1v) is 12.5. The first-order chi connectivity index (χ1) is 14.7. The lowest BCUT2D eigenvalue weighted by Gasteiger charge is -2.31. The second-order valence-electron chi connectivity index (χ2n) is 8.01. The number of hydrogen-bond acceptors (Lipinski definition) is 3. The van der Waals surface area contributed by atoms with Gasteiger partial charge in [-0.3, -0.25) is 4.79 Å². The van der Waals surface area contributed by atoms with E-state index >= 15 is 0 Å². The summed E-state index contributed by atoms with van der Waals surface area (Å²) < 4.78 is 40.9. The SMILES string of the molecule is CC[C@@H](NC(=O)C1CCN(S(=O)(=O)Cc2c(F)cccc2Cl)CC1)c1ccc(C)cc1. The van der Waals surface area contributed by atoms with Gasteiger partial charge in [0.15, 0.2) is 0 Å². The highest BCUT2D eigenvalue weighted by molar-refractivity contribution is 7.88. The van der Waals surface area contributed by atoms with Gasteiger partial charge in [-0.15, -0.1) is 0 Å². The summed E-state index contributed by atoms with van der Waals surface area (Å²) in [4.78, 5) is 12.8. The summed E-state index contributed by atoms with van der Waals surface area (Å²) in [5.41, 5.74) is 2.20. The Balaban J connectivity index is 1.59. The molecular weight excluding hydrogens is 439 g/mol. The van der Waals surface area contributed by atoms with Crippen molar-refractivity contribution in [1.29, 1.82) is 0 Å². The summed E-state index contributed by atoms with van der Waals surface area (Å²) in [6.07, 6.45) is 1.63. The Morgan fingerprint density at radius 3 is 2.42 bits per heavy atom. The molecule has 1 aliphatic rings. The molecule has 1 fully saturated rings.